The molecule has 0 spiro atoms. The third-order valence-corrected chi connectivity index (χ3v) is 15.6. The molecular formula is C71H132O6. The lowest BCUT2D eigenvalue weighted by Gasteiger charge is -2.18. The summed E-state index contributed by atoms with van der Waals surface area (Å²) in [4.78, 5) is 38.4. The molecule has 0 aliphatic carbocycles. The Morgan fingerprint density at radius 2 is 0.468 bits per heavy atom. The Kier molecular flexibility index (Phi) is 64.1. The van der Waals surface area contributed by atoms with Gasteiger partial charge in [-0.15, -0.1) is 0 Å². The van der Waals surface area contributed by atoms with Gasteiger partial charge in [-0.1, -0.05) is 320 Å². The van der Waals surface area contributed by atoms with Gasteiger partial charge in [-0.2, -0.15) is 0 Å². The van der Waals surface area contributed by atoms with E-state index in [0.29, 0.717) is 19.3 Å². The van der Waals surface area contributed by atoms with E-state index in [9.17, 15) is 14.4 Å². The van der Waals surface area contributed by atoms with Crippen LogP contribution in [0.25, 0.3) is 0 Å². The number of ether oxygens (including phenoxy) is 3. The van der Waals surface area contributed by atoms with E-state index in [2.05, 4.69) is 57.2 Å². The maximum Gasteiger partial charge on any atom is 0.306 e. The number of rotatable bonds is 64. The fraction of sp³-hybridized carbons (Fsp3) is 0.873. The molecule has 77 heavy (non-hydrogen) atoms. The molecule has 0 saturated heterocycles. The third kappa shape index (κ3) is 64.3. The lowest BCUT2D eigenvalue weighted by molar-refractivity contribution is -0.167. The van der Waals surface area contributed by atoms with Gasteiger partial charge in [0.2, 0.25) is 0 Å². The van der Waals surface area contributed by atoms with Crippen molar-refractivity contribution in [2.45, 2.75) is 386 Å². The van der Waals surface area contributed by atoms with Crippen molar-refractivity contribution < 1.29 is 28.6 Å². The van der Waals surface area contributed by atoms with Crippen LogP contribution < -0.4 is 0 Å². The molecule has 0 heterocycles. The monoisotopic (exact) mass is 1080 g/mol. The lowest BCUT2D eigenvalue weighted by atomic mass is 10.0. The molecule has 0 saturated carbocycles. The number of esters is 3. The predicted octanol–water partition coefficient (Wildman–Crippen LogP) is 23.6. The molecule has 1 unspecified atom stereocenters. The van der Waals surface area contributed by atoms with Gasteiger partial charge in [-0.25, -0.2) is 0 Å². The highest BCUT2D eigenvalue weighted by molar-refractivity contribution is 5.71. The summed E-state index contributed by atoms with van der Waals surface area (Å²) >= 11 is 0. The summed E-state index contributed by atoms with van der Waals surface area (Å²) in [5, 5.41) is 0. The van der Waals surface area contributed by atoms with Crippen LogP contribution in [0.3, 0.4) is 0 Å². The lowest BCUT2D eigenvalue weighted by Crippen LogP contribution is -2.30. The van der Waals surface area contributed by atoms with Crippen LogP contribution in [0.15, 0.2) is 36.5 Å². The van der Waals surface area contributed by atoms with Crippen LogP contribution in [0.1, 0.15) is 380 Å². The molecule has 452 valence electrons. The van der Waals surface area contributed by atoms with Crippen molar-refractivity contribution >= 4 is 17.9 Å². The zero-order chi connectivity index (χ0) is 55.7. The molecule has 0 fully saturated rings. The largest absolute Gasteiger partial charge is 0.462 e. The van der Waals surface area contributed by atoms with Crippen molar-refractivity contribution in [3.63, 3.8) is 0 Å². The number of carbonyl (C=O) groups excluding carboxylic acids is 3. The van der Waals surface area contributed by atoms with Gasteiger partial charge >= 0.3 is 17.9 Å². The van der Waals surface area contributed by atoms with E-state index in [1.54, 1.807) is 0 Å². The van der Waals surface area contributed by atoms with Crippen LogP contribution in [0.2, 0.25) is 0 Å². The second kappa shape index (κ2) is 66.1. The Morgan fingerprint density at radius 3 is 0.727 bits per heavy atom. The zero-order valence-electron chi connectivity index (χ0n) is 52.0. The molecule has 0 aromatic rings. The minimum absolute atomic E-state index is 0.0683. The summed E-state index contributed by atoms with van der Waals surface area (Å²) in [5.41, 5.74) is 0. The zero-order valence-corrected chi connectivity index (χ0v) is 52.0. The Morgan fingerprint density at radius 1 is 0.260 bits per heavy atom. The molecule has 0 radical (unpaired) electrons. The SMILES string of the molecule is CCCCCCC/C=C\C/C=C\CCCCCCCCCCCCCCCCCC(=O)OCC(COC(=O)CCCCCCCCCCCCCCCCC)OC(=O)CCCCCCCCC/C=C\CCCCCCCC. The van der Waals surface area contributed by atoms with E-state index in [1.807, 2.05) is 0 Å². The van der Waals surface area contributed by atoms with Crippen molar-refractivity contribution in [2.24, 2.45) is 0 Å². The topological polar surface area (TPSA) is 78.9 Å². The number of hydrogen-bond donors (Lipinski definition) is 0. The summed E-state index contributed by atoms with van der Waals surface area (Å²) in [6.07, 6.45) is 81.6. The molecule has 0 rings (SSSR count). The molecule has 0 N–H and O–H groups in total. The van der Waals surface area contributed by atoms with Gasteiger partial charge in [0, 0.05) is 19.3 Å². The Labute approximate surface area is 480 Å². The highest BCUT2D eigenvalue weighted by atomic mass is 16.6. The molecular weight excluding hydrogens is 949 g/mol. The predicted molar refractivity (Wildman–Crippen MR) is 335 cm³/mol. The van der Waals surface area contributed by atoms with Crippen LogP contribution in [0.5, 0.6) is 0 Å². The molecule has 0 bridgehead atoms. The van der Waals surface area contributed by atoms with Gasteiger partial charge in [0.25, 0.3) is 0 Å². The fourth-order valence-electron chi connectivity index (χ4n) is 10.4. The van der Waals surface area contributed by atoms with Gasteiger partial charge in [0.1, 0.15) is 13.2 Å². The Balaban J connectivity index is 4.24. The van der Waals surface area contributed by atoms with E-state index in [0.717, 1.165) is 64.2 Å². The number of carbonyl (C=O) groups is 3. The number of hydrogen-bond acceptors (Lipinski definition) is 6. The van der Waals surface area contributed by atoms with Gasteiger partial charge in [-0.3, -0.25) is 14.4 Å². The average molecular weight is 1080 g/mol. The molecule has 0 aromatic carbocycles. The fourth-order valence-corrected chi connectivity index (χ4v) is 10.4. The first-order chi connectivity index (χ1) is 38.0. The van der Waals surface area contributed by atoms with E-state index in [4.69, 9.17) is 14.2 Å². The second-order valence-electron chi connectivity index (χ2n) is 23.4. The summed E-state index contributed by atoms with van der Waals surface area (Å²) in [6, 6.07) is 0. The maximum absolute atomic E-state index is 12.9. The van der Waals surface area contributed by atoms with Gasteiger partial charge in [0.15, 0.2) is 6.10 Å². The second-order valence-corrected chi connectivity index (χ2v) is 23.4. The van der Waals surface area contributed by atoms with Crippen molar-refractivity contribution in [2.75, 3.05) is 13.2 Å². The molecule has 0 aromatic heterocycles. The Hall–Kier alpha value is -2.37. The van der Waals surface area contributed by atoms with Gasteiger partial charge < -0.3 is 14.2 Å². The standard InChI is InChI=1S/C71H132O6/c1-4-7-10-13-16-19-22-25-28-30-31-32-33-34-35-36-37-38-39-41-43-46-49-52-55-58-61-64-70(73)76-67-68(66-75-69(72)63-60-57-54-51-48-45-42-27-24-21-18-15-12-9-6-3)77-71(74)65-62-59-56-53-50-47-44-40-29-26-23-20-17-14-11-8-5-2/h22,25-26,29-31,68H,4-21,23-24,27-28,32-67H2,1-3H3/b25-22-,29-26-,31-30-. The highest BCUT2D eigenvalue weighted by Gasteiger charge is 2.19. The van der Waals surface area contributed by atoms with Crippen molar-refractivity contribution in [3.05, 3.63) is 36.5 Å². The van der Waals surface area contributed by atoms with Crippen LogP contribution in [-0.2, 0) is 28.6 Å². The molecule has 6 heteroatoms. The highest BCUT2D eigenvalue weighted by Crippen LogP contribution is 2.18. The van der Waals surface area contributed by atoms with Crippen LogP contribution >= 0.6 is 0 Å². The molecule has 0 aliphatic heterocycles. The van der Waals surface area contributed by atoms with Crippen molar-refractivity contribution in [1.29, 1.82) is 0 Å². The molecule has 1 atom stereocenters. The first kappa shape index (κ1) is 74.6. The minimum atomic E-state index is -0.772. The van der Waals surface area contributed by atoms with E-state index in [1.165, 1.54) is 276 Å². The van der Waals surface area contributed by atoms with Crippen LogP contribution in [0, 0.1) is 0 Å². The molecule has 6 nitrogen and oxygen atoms in total. The van der Waals surface area contributed by atoms with Crippen LogP contribution in [0.4, 0.5) is 0 Å². The summed E-state index contributed by atoms with van der Waals surface area (Å²) in [7, 11) is 0. The maximum atomic E-state index is 12.9. The summed E-state index contributed by atoms with van der Waals surface area (Å²) < 4.78 is 17.0. The van der Waals surface area contributed by atoms with Gasteiger partial charge in [0.05, 0.1) is 0 Å². The van der Waals surface area contributed by atoms with Gasteiger partial charge in [-0.05, 0) is 77.0 Å². The summed E-state index contributed by atoms with van der Waals surface area (Å²) in [5.74, 6) is -0.845. The van der Waals surface area contributed by atoms with Crippen molar-refractivity contribution in [3.8, 4) is 0 Å². The number of unbranched alkanes of at least 4 members (excludes halogenated alkanes) is 47. The average Bonchev–Trinajstić information content (AvgIpc) is 3.43. The van der Waals surface area contributed by atoms with E-state index < -0.39 is 6.10 Å². The quantitative estimate of drug-likeness (QED) is 0.0261. The summed E-state index contributed by atoms with van der Waals surface area (Å²) in [6.45, 7) is 6.69. The first-order valence-corrected chi connectivity index (χ1v) is 34.5. The van der Waals surface area contributed by atoms with E-state index in [-0.39, 0.29) is 31.1 Å². The smallest absolute Gasteiger partial charge is 0.306 e. The van der Waals surface area contributed by atoms with E-state index >= 15 is 0 Å². The van der Waals surface area contributed by atoms with Crippen molar-refractivity contribution in [1.82, 2.24) is 0 Å². The third-order valence-electron chi connectivity index (χ3n) is 15.6. The normalized spacial score (nSPS) is 12.2. The minimum Gasteiger partial charge on any atom is -0.462 e. The molecule has 0 amide bonds. The first-order valence-electron chi connectivity index (χ1n) is 34.5. The van der Waals surface area contributed by atoms with Crippen LogP contribution in [-0.4, -0.2) is 37.2 Å². The Bertz CT molecular complexity index is 1290. The molecule has 0 aliphatic rings. The number of allylic oxidation sites excluding steroid dienone is 6.